The van der Waals surface area contributed by atoms with Crippen LogP contribution in [0.15, 0.2) is 12.1 Å². The average Bonchev–Trinajstić information content (AvgIpc) is 2.21. The number of halogens is 1. The van der Waals surface area contributed by atoms with Crippen molar-refractivity contribution in [1.82, 2.24) is 0 Å². The number of hydrogen-bond donors (Lipinski definition) is 0. The minimum absolute atomic E-state index is 0.485. The molecule has 0 fully saturated rings. The maximum Gasteiger partial charge on any atom is 0.179 e. The van der Waals surface area contributed by atoms with Gasteiger partial charge in [-0.2, -0.15) is 0 Å². The van der Waals surface area contributed by atoms with Crippen LogP contribution in [0.3, 0.4) is 0 Å². The Labute approximate surface area is 88.8 Å². The SMILES string of the molecule is C#CCc1ccc(OC)c(OC)c1Cl. The predicted molar refractivity (Wildman–Crippen MR) is 57.1 cm³/mol. The van der Waals surface area contributed by atoms with Crippen molar-refractivity contribution in [2.75, 3.05) is 14.2 Å². The van der Waals surface area contributed by atoms with Gasteiger partial charge in [0.15, 0.2) is 11.5 Å². The Morgan fingerprint density at radius 2 is 2.07 bits per heavy atom. The number of ether oxygens (including phenoxy) is 2. The van der Waals surface area contributed by atoms with E-state index in [0.29, 0.717) is 22.9 Å². The summed E-state index contributed by atoms with van der Waals surface area (Å²) in [5.74, 6) is 3.67. The summed E-state index contributed by atoms with van der Waals surface area (Å²) in [6, 6.07) is 3.63. The van der Waals surface area contributed by atoms with Gasteiger partial charge in [-0.1, -0.05) is 17.7 Å². The molecular formula is C11H11ClO2. The van der Waals surface area contributed by atoms with Crippen molar-refractivity contribution in [2.45, 2.75) is 6.42 Å². The van der Waals surface area contributed by atoms with Gasteiger partial charge in [0.1, 0.15) is 0 Å². The zero-order valence-electron chi connectivity index (χ0n) is 8.13. The molecule has 0 radical (unpaired) electrons. The van der Waals surface area contributed by atoms with Gasteiger partial charge in [-0.25, -0.2) is 0 Å². The van der Waals surface area contributed by atoms with E-state index in [1.807, 2.05) is 6.07 Å². The molecule has 0 spiro atoms. The summed E-state index contributed by atoms with van der Waals surface area (Å²) in [4.78, 5) is 0. The van der Waals surface area contributed by atoms with E-state index >= 15 is 0 Å². The van der Waals surface area contributed by atoms with E-state index in [0.717, 1.165) is 5.56 Å². The Morgan fingerprint density at radius 3 is 2.57 bits per heavy atom. The molecule has 0 unspecified atom stereocenters. The number of rotatable bonds is 3. The molecule has 0 bridgehead atoms. The zero-order chi connectivity index (χ0) is 10.6. The van der Waals surface area contributed by atoms with E-state index in [1.165, 1.54) is 0 Å². The van der Waals surface area contributed by atoms with Crippen molar-refractivity contribution >= 4 is 11.6 Å². The van der Waals surface area contributed by atoms with Crippen LogP contribution in [-0.2, 0) is 6.42 Å². The number of methoxy groups -OCH3 is 2. The van der Waals surface area contributed by atoms with Gasteiger partial charge in [-0.15, -0.1) is 12.3 Å². The standard InChI is InChI=1S/C11H11ClO2/c1-4-5-8-6-7-9(13-2)11(14-3)10(8)12/h1,6-7H,5H2,2-3H3. The Morgan fingerprint density at radius 1 is 1.36 bits per heavy atom. The molecule has 1 aromatic rings. The monoisotopic (exact) mass is 210 g/mol. The third-order valence-electron chi connectivity index (χ3n) is 1.86. The van der Waals surface area contributed by atoms with Gasteiger partial charge in [-0.05, 0) is 11.6 Å². The van der Waals surface area contributed by atoms with Crippen molar-refractivity contribution in [1.29, 1.82) is 0 Å². The van der Waals surface area contributed by atoms with E-state index in [1.54, 1.807) is 20.3 Å². The fourth-order valence-corrected chi connectivity index (χ4v) is 1.48. The van der Waals surface area contributed by atoms with Crippen LogP contribution < -0.4 is 9.47 Å². The predicted octanol–water partition coefficient (Wildman–Crippen LogP) is 2.53. The van der Waals surface area contributed by atoms with Gasteiger partial charge in [0.2, 0.25) is 0 Å². The summed E-state index contributed by atoms with van der Waals surface area (Å²) in [6.07, 6.45) is 5.70. The number of benzene rings is 1. The van der Waals surface area contributed by atoms with Crippen LogP contribution in [-0.4, -0.2) is 14.2 Å². The molecule has 0 amide bonds. The van der Waals surface area contributed by atoms with Crippen LogP contribution in [0.1, 0.15) is 5.56 Å². The normalized spacial score (nSPS) is 9.29. The second-order valence-electron chi connectivity index (χ2n) is 2.66. The Kier molecular flexibility index (Phi) is 3.67. The second-order valence-corrected chi connectivity index (χ2v) is 3.03. The number of hydrogen-bond acceptors (Lipinski definition) is 2. The molecule has 3 heteroatoms. The van der Waals surface area contributed by atoms with E-state index in [-0.39, 0.29) is 0 Å². The molecule has 0 heterocycles. The van der Waals surface area contributed by atoms with Crippen LogP contribution in [0.2, 0.25) is 5.02 Å². The highest BCUT2D eigenvalue weighted by atomic mass is 35.5. The molecule has 0 saturated heterocycles. The minimum Gasteiger partial charge on any atom is -0.493 e. The Hall–Kier alpha value is -1.33. The summed E-state index contributed by atoms with van der Waals surface area (Å²) < 4.78 is 10.2. The molecule has 0 aromatic heterocycles. The smallest absolute Gasteiger partial charge is 0.179 e. The molecule has 1 aromatic carbocycles. The summed E-state index contributed by atoms with van der Waals surface area (Å²) in [7, 11) is 3.11. The molecule has 0 saturated carbocycles. The molecule has 14 heavy (non-hydrogen) atoms. The van der Waals surface area contributed by atoms with E-state index in [2.05, 4.69) is 5.92 Å². The highest BCUT2D eigenvalue weighted by Crippen LogP contribution is 2.37. The van der Waals surface area contributed by atoms with Crippen molar-refractivity contribution in [3.63, 3.8) is 0 Å². The topological polar surface area (TPSA) is 18.5 Å². The van der Waals surface area contributed by atoms with Crippen molar-refractivity contribution in [3.05, 3.63) is 22.7 Å². The van der Waals surface area contributed by atoms with Gasteiger partial charge in [-0.3, -0.25) is 0 Å². The van der Waals surface area contributed by atoms with Gasteiger partial charge in [0.05, 0.1) is 19.2 Å². The minimum atomic E-state index is 0.485. The van der Waals surface area contributed by atoms with Crippen molar-refractivity contribution in [3.8, 4) is 23.8 Å². The second kappa shape index (κ2) is 4.78. The molecule has 74 valence electrons. The largest absolute Gasteiger partial charge is 0.493 e. The van der Waals surface area contributed by atoms with Gasteiger partial charge < -0.3 is 9.47 Å². The van der Waals surface area contributed by atoms with Gasteiger partial charge >= 0.3 is 0 Å². The average molecular weight is 211 g/mol. The van der Waals surface area contributed by atoms with E-state index in [4.69, 9.17) is 27.5 Å². The summed E-state index contributed by atoms with van der Waals surface area (Å²) in [6.45, 7) is 0. The molecular weight excluding hydrogens is 200 g/mol. The molecule has 0 aliphatic carbocycles. The summed E-state index contributed by atoms with van der Waals surface area (Å²) >= 11 is 6.07. The zero-order valence-corrected chi connectivity index (χ0v) is 8.89. The lowest BCUT2D eigenvalue weighted by Gasteiger charge is -2.11. The number of terminal acetylenes is 1. The highest BCUT2D eigenvalue weighted by Gasteiger charge is 2.11. The molecule has 0 aliphatic rings. The van der Waals surface area contributed by atoms with Crippen LogP contribution >= 0.6 is 11.6 Å². The Balaban J connectivity index is 3.21. The van der Waals surface area contributed by atoms with Crippen molar-refractivity contribution in [2.24, 2.45) is 0 Å². The first-order chi connectivity index (χ1) is 6.74. The first-order valence-electron chi connectivity index (χ1n) is 4.07. The maximum atomic E-state index is 6.07. The molecule has 2 nitrogen and oxygen atoms in total. The molecule has 0 aliphatic heterocycles. The van der Waals surface area contributed by atoms with Crippen molar-refractivity contribution < 1.29 is 9.47 Å². The lowest BCUT2D eigenvalue weighted by atomic mass is 10.1. The summed E-state index contributed by atoms with van der Waals surface area (Å²) in [5, 5.41) is 0.518. The Bertz CT molecular complexity index is 366. The van der Waals surface area contributed by atoms with Gasteiger partial charge in [0, 0.05) is 6.42 Å². The van der Waals surface area contributed by atoms with E-state index in [9.17, 15) is 0 Å². The lowest BCUT2D eigenvalue weighted by Crippen LogP contribution is -1.94. The van der Waals surface area contributed by atoms with E-state index < -0.39 is 0 Å². The quantitative estimate of drug-likeness (QED) is 0.714. The summed E-state index contributed by atoms with van der Waals surface area (Å²) in [5.41, 5.74) is 0.867. The van der Waals surface area contributed by atoms with Crippen LogP contribution in [0.5, 0.6) is 11.5 Å². The van der Waals surface area contributed by atoms with Crippen LogP contribution in [0.4, 0.5) is 0 Å². The first-order valence-corrected chi connectivity index (χ1v) is 4.45. The van der Waals surface area contributed by atoms with Gasteiger partial charge in [0.25, 0.3) is 0 Å². The third kappa shape index (κ3) is 1.94. The van der Waals surface area contributed by atoms with Crippen LogP contribution in [0, 0.1) is 12.3 Å². The van der Waals surface area contributed by atoms with Crippen LogP contribution in [0.25, 0.3) is 0 Å². The highest BCUT2D eigenvalue weighted by molar-refractivity contribution is 6.33. The lowest BCUT2D eigenvalue weighted by molar-refractivity contribution is 0.355. The fourth-order valence-electron chi connectivity index (χ4n) is 1.18. The maximum absolute atomic E-state index is 6.07. The molecule has 0 atom stereocenters. The molecule has 0 N–H and O–H groups in total. The third-order valence-corrected chi connectivity index (χ3v) is 2.27. The fraction of sp³-hybridized carbons (Fsp3) is 0.273. The molecule has 1 rings (SSSR count). The first kappa shape index (κ1) is 10.7.